The normalized spacial score (nSPS) is 12.8. The van der Waals surface area contributed by atoms with Crippen molar-refractivity contribution in [3.63, 3.8) is 0 Å². The zero-order valence-electron chi connectivity index (χ0n) is 17.3. The first-order valence-electron chi connectivity index (χ1n) is 9.66. The Labute approximate surface area is 174 Å². The van der Waals surface area contributed by atoms with Crippen molar-refractivity contribution < 1.29 is 18.7 Å². The molecule has 2 atom stereocenters. The van der Waals surface area contributed by atoms with Crippen LogP contribution in [0.5, 0.6) is 0 Å². The lowest BCUT2D eigenvalue weighted by Gasteiger charge is -2.18. The van der Waals surface area contributed by atoms with Gasteiger partial charge >= 0.3 is 5.97 Å². The molecule has 1 heterocycles. The summed E-state index contributed by atoms with van der Waals surface area (Å²) in [5.74, 6) is -1.39. The number of hydrogen-bond acceptors (Lipinski definition) is 4. The van der Waals surface area contributed by atoms with E-state index in [1.54, 1.807) is 37.6 Å². The van der Waals surface area contributed by atoms with Crippen LogP contribution in [0.1, 0.15) is 47.2 Å². The van der Waals surface area contributed by atoms with Crippen LogP contribution in [0.3, 0.4) is 0 Å². The highest BCUT2D eigenvalue weighted by Gasteiger charge is 2.25. The number of benzene rings is 2. The monoisotopic (exact) mass is 409 g/mol. The highest BCUT2D eigenvalue weighted by molar-refractivity contribution is 5.94. The summed E-state index contributed by atoms with van der Waals surface area (Å²) in [5, 5.41) is 7.21. The van der Waals surface area contributed by atoms with Gasteiger partial charge in [0, 0.05) is 0 Å². The third kappa shape index (κ3) is 4.56. The molecule has 1 N–H and O–H groups in total. The molecule has 1 aromatic heterocycles. The molecule has 7 heteroatoms. The lowest BCUT2D eigenvalue weighted by Crippen LogP contribution is -2.37. The van der Waals surface area contributed by atoms with E-state index in [0.29, 0.717) is 17.0 Å². The molecule has 2 aromatic carbocycles. The maximum Gasteiger partial charge on any atom is 0.342 e. The van der Waals surface area contributed by atoms with Crippen LogP contribution >= 0.6 is 0 Å². The number of halogens is 1. The van der Waals surface area contributed by atoms with Gasteiger partial charge in [-0.15, -0.1) is 0 Å². The number of para-hydroxylation sites is 1. The van der Waals surface area contributed by atoms with E-state index < -0.39 is 18.0 Å². The second-order valence-corrected chi connectivity index (χ2v) is 7.12. The minimum Gasteiger partial charge on any atom is -0.449 e. The lowest BCUT2D eigenvalue weighted by atomic mass is 10.1. The molecule has 0 unspecified atom stereocenters. The highest BCUT2D eigenvalue weighted by atomic mass is 19.1. The topological polar surface area (TPSA) is 73.2 Å². The van der Waals surface area contributed by atoms with Crippen LogP contribution in [-0.2, 0) is 9.53 Å². The molecule has 6 nitrogen and oxygen atoms in total. The molecule has 30 heavy (non-hydrogen) atoms. The largest absolute Gasteiger partial charge is 0.449 e. The number of ether oxygens (including phenoxy) is 1. The van der Waals surface area contributed by atoms with Crippen LogP contribution in [0.2, 0.25) is 0 Å². The third-order valence-electron chi connectivity index (χ3n) is 4.88. The minimum atomic E-state index is -1.00. The molecule has 0 fully saturated rings. The summed E-state index contributed by atoms with van der Waals surface area (Å²) in [4.78, 5) is 25.2. The molecule has 156 valence electrons. The Morgan fingerprint density at radius 3 is 2.30 bits per heavy atom. The number of carbonyl (C=O) groups is 2. The SMILES string of the molecule is Cc1nn(-c2ccccc2)c(C)c1C(=O)O[C@@H](C)C(=O)N[C@H](C)c1ccc(F)cc1. The van der Waals surface area contributed by atoms with Crippen molar-refractivity contribution >= 4 is 11.9 Å². The molecule has 0 spiro atoms. The van der Waals surface area contributed by atoms with E-state index in [1.165, 1.54) is 19.1 Å². The van der Waals surface area contributed by atoms with Crippen molar-refractivity contribution in [2.45, 2.75) is 39.8 Å². The Morgan fingerprint density at radius 1 is 1.03 bits per heavy atom. The van der Waals surface area contributed by atoms with Crippen LogP contribution in [0.25, 0.3) is 5.69 Å². The number of amides is 1. The summed E-state index contributed by atoms with van der Waals surface area (Å²) in [5.41, 5.74) is 3.07. The lowest BCUT2D eigenvalue weighted by molar-refractivity contribution is -0.129. The van der Waals surface area contributed by atoms with Gasteiger partial charge in [-0.25, -0.2) is 13.9 Å². The van der Waals surface area contributed by atoms with E-state index in [1.807, 2.05) is 30.3 Å². The van der Waals surface area contributed by atoms with E-state index in [9.17, 15) is 14.0 Å². The first-order valence-corrected chi connectivity index (χ1v) is 9.66. The fourth-order valence-electron chi connectivity index (χ4n) is 3.20. The molecule has 3 rings (SSSR count). The second-order valence-electron chi connectivity index (χ2n) is 7.12. The molecule has 0 aliphatic rings. The van der Waals surface area contributed by atoms with Crippen molar-refractivity contribution in [1.82, 2.24) is 15.1 Å². The first kappa shape index (κ1) is 21.2. The van der Waals surface area contributed by atoms with Gasteiger partial charge in [0.05, 0.1) is 23.1 Å². The maximum absolute atomic E-state index is 13.1. The predicted octanol–water partition coefficient (Wildman–Crippen LogP) is 4.05. The van der Waals surface area contributed by atoms with Crippen molar-refractivity contribution in [3.05, 3.63) is 82.9 Å². The number of hydrogen-bond donors (Lipinski definition) is 1. The number of carbonyl (C=O) groups excluding carboxylic acids is 2. The number of aromatic nitrogens is 2. The molecule has 0 aliphatic carbocycles. The molecular weight excluding hydrogens is 385 g/mol. The van der Waals surface area contributed by atoms with Crippen molar-refractivity contribution in [2.24, 2.45) is 0 Å². The Morgan fingerprint density at radius 2 is 1.67 bits per heavy atom. The standard InChI is InChI=1S/C23H24FN3O3/c1-14(18-10-12-19(24)13-11-18)25-22(28)17(4)30-23(29)21-15(2)26-27(16(21)3)20-8-6-5-7-9-20/h5-14,17H,1-4H3,(H,25,28)/t14-,17+/m1/s1. The number of aryl methyl sites for hydroxylation is 1. The van der Waals surface area contributed by atoms with Crippen LogP contribution in [-0.4, -0.2) is 27.8 Å². The predicted molar refractivity (Wildman–Crippen MR) is 111 cm³/mol. The zero-order valence-corrected chi connectivity index (χ0v) is 17.3. The second kappa shape index (κ2) is 8.90. The number of nitrogens with zero attached hydrogens (tertiary/aromatic N) is 2. The van der Waals surface area contributed by atoms with Gasteiger partial charge in [0.2, 0.25) is 0 Å². The molecule has 0 radical (unpaired) electrons. The summed E-state index contributed by atoms with van der Waals surface area (Å²) in [6.07, 6.45) is -1.00. The summed E-state index contributed by atoms with van der Waals surface area (Å²) in [7, 11) is 0. The summed E-state index contributed by atoms with van der Waals surface area (Å²) in [6, 6.07) is 15.0. The maximum atomic E-state index is 13.1. The molecule has 0 bridgehead atoms. The van der Waals surface area contributed by atoms with E-state index in [-0.39, 0.29) is 11.9 Å². The number of nitrogens with one attached hydrogen (secondary N) is 1. The van der Waals surface area contributed by atoms with Gasteiger partial charge < -0.3 is 10.1 Å². The van der Waals surface area contributed by atoms with Gasteiger partial charge in [0.15, 0.2) is 6.10 Å². The Kier molecular flexibility index (Phi) is 6.30. The van der Waals surface area contributed by atoms with E-state index >= 15 is 0 Å². The highest BCUT2D eigenvalue weighted by Crippen LogP contribution is 2.20. The Hall–Kier alpha value is -3.48. The van der Waals surface area contributed by atoms with Gasteiger partial charge in [-0.05, 0) is 57.5 Å². The Balaban J connectivity index is 1.69. The van der Waals surface area contributed by atoms with Crippen LogP contribution in [0, 0.1) is 19.7 Å². The van der Waals surface area contributed by atoms with Gasteiger partial charge in [-0.1, -0.05) is 30.3 Å². The first-order chi connectivity index (χ1) is 14.3. The summed E-state index contributed by atoms with van der Waals surface area (Å²) >= 11 is 0. The number of rotatable bonds is 6. The summed E-state index contributed by atoms with van der Waals surface area (Å²) in [6.45, 7) is 6.80. The van der Waals surface area contributed by atoms with Gasteiger partial charge in [-0.3, -0.25) is 4.79 Å². The smallest absolute Gasteiger partial charge is 0.342 e. The minimum absolute atomic E-state index is 0.338. The third-order valence-corrected chi connectivity index (χ3v) is 4.88. The van der Waals surface area contributed by atoms with Crippen LogP contribution in [0.4, 0.5) is 4.39 Å². The van der Waals surface area contributed by atoms with Crippen LogP contribution in [0.15, 0.2) is 54.6 Å². The average Bonchev–Trinajstić information content (AvgIpc) is 3.03. The van der Waals surface area contributed by atoms with Crippen LogP contribution < -0.4 is 5.32 Å². The molecule has 1 amide bonds. The van der Waals surface area contributed by atoms with Crippen molar-refractivity contribution in [3.8, 4) is 5.69 Å². The fourth-order valence-corrected chi connectivity index (χ4v) is 3.20. The Bertz CT molecular complexity index is 1050. The van der Waals surface area contributed by atoms with Crippen molar-refractivity contribution in [2.75, 3.05) is 0 Å². The van der Waals surface area contributed by atoms with Gasteiger partial charge in [0.1, 0.15) is 11.4 Å². The average molecular weight is 409 g/mol. The van der Waals surface area contributed by atoms with Gasteiger partial charge in [-0.2, -0.15) is 5.10 Å². The molecule has 0 saturated carbocycles. The van der Waals surface area contributed by atoms with Crippen molar-refractivity contribution in [1.29, 1.82) is 0 Å². The molecule has 0 aliphatic heterocycles. The fraction of sp³-hybridized carbons (Fsp3) is 0.261. The number of esters is 1. The van der Waals surface area contributed by atoms with Gasteiger partial charge in [0.25, 0.3) is 5.91 Å². The van der Waals surface area contributed by atoms with E-state index in [2.05, 4.69) is 10.4 Å². The molecular formula is C23H24FN3O3. The quantitative estimate of drug-likeness (QED) is 0.624. The molecule has 0 saturated heterocycles. The summed E-state index contributed by atoms with van der Waals surface area (Å²) < 4.78 is 20.1. The van der Waals surface area contributed by atoms with E-state index in [4.69, 9.17) is 4.74 Å². The molecule has 3 aromatic rings. The zero-order chi connectivity index (χ0) is 21.8. The van der Waals surface area contributed by atoms with E-state index in [0.717, 1.165) is 11.3 Å².